The number of aliphatic imine (C=N–C) groups is 1. The van der Waals surface area contributed by atoms with Crippen LogP contribution < -0.4 is 15.4 Å². The largest absolute Gasteiger partial charge is 0.492 e. The first-order valence-electron chi connectivity index (χ1n) is 7.74. The number of nitrogens with one attached hydrogen (secondary N) is 2. The quantitative estimate of drug-likeness (QED) is 0.320. The predicted octanol–water partition coefficient (Wildman–Crippen LogP) is 3.46. The van der Waals surface area contributed by atoms with E-state index >= 15 is 0 Å². The van der Waals surface area contributed by atoms with Crippen molar-refractivity contribution in [3.8, 4) is 5.75 Å². The standard InChI is InChI=1S/C16H23F2N3O.HI/c1-19-16(21-12-5-3-2-4-6-12)20-9-10-22-13-7-8-14(17)15(18)11-13;/h7-8,11-12H,2-6,9-10H2,1H3,(H2,19,20,21);1H. The maximum absolute atomic E-state index is 13.0. The third-order valence-electron chi connectivity index (χ3n) is 3.72. The van der Waals surface area contributed by atoms with Gasteiger partial charge in [0.15, 0.2) is 17.6 Å². The molecule has 23 heavy (non-hydrogen) atoms. The van der Waals surface area contributed by atoms with E-state index in [0.29, 0.717) is 24.9 Å². The molecule has 0 heterocycles. The van der Waals surface area contributed by atoms with Gasteiger partial charge in [0.2, 0.25) is 0 Å². The van der Waals surface area contributed by atoms with Crippen molar-refractivity contribution in [2.75, 3.05) is 20.2 Å². The van der Waals surface area contributed by atoms with Crippen molar-refractivity contribution in [3.05, 3.63) is 29.8 Å². The smallest absolute Gasteiger partial charge is 0.191 e. The van der Waals surface area contributed by atoms with Gasteiger partial charge in [-0.1, -0.05) is 19.3 Å². The van der Waals surface area contributed by atoms with Crippen LogP contribution in [-0.2, 0) is 0 Å². The van der Waals surface area contributed by atoms with Gasteiger partial charge in [0.05, 0.1) is 6.54 Å². The number of hydrogen-bond donors (Lipinski definition) is 2. The summed E-state index contributed by atoms with van der Waals surface area (Å²) in [6, 6.07) is 3.99. The Labute approximate surface area is 153 Å². The van der Waals surface area contributed by atoms with Crippen LogP contribution in [0.15, 0.2) is 23.2 Å². The van der Waals surface area contributed by atoms with E-state index in [2.05, 4.69) is 15.6 Å². The van der Waals surface area contributed by atoms with E-state index in [1.807, 2.05) is 0 Å². The zero-order chi connectivity index (χ0) is 15.8. The van der Waals surface area contributed by atoms with Crippen LogP contribution in [-0.4, -0.2) is 32.2 Å². The third kappa shape index (κ3) is 6.88. The lowest BCUT2D eigenvalue weighted by Gasteiger charge is -2.24. The Morgan fingerprint density at radius 2 is 1.96 bits per heavy atom. The van der Waals surface area contributed by atoms with Gasteiger partial charge in [-0.25, -0.2) is 8.78 Å². The van der Waals surface area contributed by atoms with Gasteiger partial charge in [0.1, 0.15) is 12.4 Å². The van der Waals surface area contributed by atoms with E-state index in [1.54, 1.807) is 7.05 Å². The first kappa shape index (κ1) is 19.9. The summed E-state index contributed by atoms with van der Waals surface area (Å²) in [6.07, 6.45) is 6.17. The van der Waals surface area contributed by atoms with Gasteiger partial charge >= 0.3 is 0 Å². The number of hydrogen-bond acceptors (Lipinski definition) is 2. The van der Waals surface area contributed by atoms with Crippen molar-refractivity contribution in [1.29, 1.82) is 0 Å². The van der Waals surface area contributed by atoms with Crippen molar-refractivity contribution in [2.24, 2.45) is 4.99 Å². The van der Waals surface area contributed by atoms with Crippen molar-refractivity contribution in [1.82, 2.24) is 10.6 Å². The average Bonchev–Trinajstić information content (AvgIpc) is 2.54. The zero-order valence-electron chi connectivity index (χ0n) is 13.3. The van der Waals surface area contributed by atoms with E-state index in [4.69, 9.17) is 4.74 Å². The van der Waals surface area contributed by atoms with Crippen molar-refractivity contribution in [3.63, 3.8) is 0 Å². The van der Waals surface area contributed by atoms with Crippen molar-refractivity contribution < 1.29 is 13.5 Å². The molecule has 0 unspecified atom stereocenters. The molecule has 0 saturated heterocycles. The highest BCUT2D eigenvalue weighted by Gasteiger charge is 2.14. The van der Waals surface area contributed by atoms with Gasteiger partial charge in [-0.05, 0) is 25.0 Å². The summed E-state index contributed by atoms with van der Waals surface area (Å²) in [5, 5.41) is 6.55. The fourth-order valence-electron chi connectivity index (χ4n) is 2.54. The van der Waals surface area contributed by atoms with Crippen LogP contribution in [0.4, 0.5) is 8.78 Å². The number of nitrogens with zero attached hydrogens (tertiary/aromatic N) is 1. The van der Waals surface area contributed by atoms with Gasteiger partial charge < -0.3 is 15.4 Å². The summed E-state index contributed by atoms with van der Waals surface area (Å²) in [6.45, 7) is 0.877. The summed E-state index contributed by atoms with van der Waals surface area (Å²) >= 11 is 0. The summed E-state index contributed by atoms with van der Waals surface area (Å²) in [7, 11) is 1.73. The van der Waals surface area contributed by atoms with Gasteiger partial charge in [-0.15, -0.1) is 24.0 Å². The zero-order valence-corrected chi connectivity index (χ0v) is 15.6. The van der Waals surface area contributed by atoms with Gasteiger partial charge in [0, 0.05) is 19.2 Å². The number of ether oxygens (including phenoxy) is 1. The summed E-state index contributed by atoms with van der Waals surface area (Å²) in [5.74, 6) is -0.709. The van der Waals surface area contributed by atoms with Crippen molar-refractivity contribution in [2.45, 2.75) is 38.1 Å². The number of halogens is 3. The maximum atomic E-state index is 13.0. The fourth-order valence-corrected chi connectivity index (χ4v) is 2.54. The van der Waals surface area contributed by atoms with Crippen LogP contribution in [0.3, 0.4) is 0 Å². The molecule has 0 aliphatic heterocycles. The maximum Gasteiger partial charge on any atom is 0.191 e. The normalized spacial score (nSPS) is 15.7. The second-order valence-electron chi connectivity index (χ2n) is 5.40. The van der Waals surface area contributed by atoms with E-state index < -0.39 is 11.6 Å². The lowest BCUT2D eigenvalue weighted by atomic mass is 9.96. The van der Waals surface area contributed by atoms with Crippen LogP contribution in [0.25, 0.3) is 0 Å². The van der Waals surface area contributed by atoms with Crippen LogP contribution in [0.5, 0.6) is 5.75 Å². The Bertz CT molecular complexity index is 508. The van der Waals surface area contributed by atoms with E-state index in [-0.39, 0.29) is 24.0 Å². The molecular weight excluding hydrogens is 415 g/mol. The number of benzene rings is 1. The minimum absolute atomic E-state index is 0. The third-order valence-corrected chi connectivity index (χ3v) is 3.72. The first-order valence-corrected chi connectivity index (χ1v) is 7.74. The number of rotatable bonds is 5. The molecule has 1 aliphatic rings. The lowest BCUT2D eigenvalue weighted by molar-refractivity contribution is 0.318. The van der Waals surface area contributed by atoms with E-state index in [1.165, 1.54) is 38.2 Å². The molecule has 1 aromatic rings. The molecule has 1 aromatic carbocycles. The molecule has 0 radical (unpaired) electrons. The first-order chi connectivity index (χ1) is 10.7. The monoisotopic (exact) mass is 439 g/mol. The highest BCUT2D eigenvalue weighted by Crippen LogP contribution is 2.17. The summed E-state index contributed by atoms with van der Waals surface area (Å²) in [5.41, 5.74) is 0. The van der Waals surface area contributed by atoms with Crippen LogP contribution >= 0.6 is 24.0 Å². The molecule has 0 spiro atoms. The van der Waals surface area contributed by atoms with Gasteiger partial charge in [-0.2, -0.15) is 0 Å². The average molecular weight is 439 g/mol. The molecule has 2 N–H and O–H groups in total. The fraction of sp³-hybridized carbons (Fsp3) is 0.562. The molecule has 1 saturated carbocycles. The van der Waals surface area contributed by atoms with Crippen molar-refractivity contribution >= 4 is 29.9 Å². The second kappa shape index (κ2) is 10.6. The molecule has 0 aromatic heterocycles. The molecule has 0 bridgehead atoms. The summed E-state index contributed by atoms with van der Waals surface area (Å²) in [4.78, 5) is 4.18. The van der Waals surface area contributed by atoms with Crippen LogP contribution in [0.1, 0.15) is 32.1 Å². The number of guanidine groups is 1. The Kier molecular flexibility index (Phi) is 9.20. The van der Waals surface area contributed by atoms with Crippen LogP contribution in [0.2, 0.25) is 0 Å². The van der Waals surface area contributed by atoms with Crippen LogP contribution in [0, 0.1) is 11.6 Å². The predicted molar refractivity (Wildman–Crippen MR) is 98.6 cm³/mol. The molecule has 2 rings (SSSR count). The SMILES string of the molecule is CN=C(NCCOc1ccc(F)c(F)c1)NC1CCCCC1.I. The van der Waals surface area contributed by atoms with E-state index in [0.717, 1.165) is 18.1 Å². The molecule has 0 amide bonds. The topological polar surface area (TPSA) is 45.7 Å². The molecule has 0 atom stereocenters. The van der Waals surface area contributed by atoms with Gasteiger partial charge in [-0.3, -0.25) is 4.99 Å². The Hall–Kier alpha value is -1.12. The molecule has 4 nitrogen and oxygen atoms in total. The lowest BCUT2D eigenvalue weighted by Crippen LogP contribution is -2.45. The highest BCUT2D eigenvalue weighted by molar-refractivity contribution is 14.0. The second-order valence-corrected chi connectivity index (χ2v) is 5.40. The molecule has 1 fully saturated rings. The highest BCUT2D eigenvalue weighted by atomic mass is 127. The Morgan fingerprint density at radius 1 is 1.22 bits per heavy atom. The summed E-state index contributed by atoms with van der Waals surface area (Å²) < 4.78 is 31.2. The molecule has 7 heteroatoms. The Balaban J connectivity index is 0.00000264. The van der Waals surface area contributed by atoms with E-state index in [9.17, 15) is 8.78 Å². The van der Waals surface area contributed by atoms with Gasteiger partial charge in [0.25, 0.3) is 0 Å². The molecule has 1 aliphatic carbocycles. The Morgan fingerprint density at radius 3 is 2.61 bits per heavy atom. The minimum Gasteiger partial charge on any atom is -0.492 e. The molecule has 130 valence electrons. The minimum atomic E-state index is -0.903. The molecular formula is C16H24F2IN3O.